The summed E-state index contributed by atoms with van der Waals surface area (Å²) in [5, 5.41) is 15.6. The smallest absolute Gasteiger partial charge is 0.306 e. The molecule has 1 saturated heterocycles. The van der Waals surface area contributed by atoms with Gasteiger partial charge in [-0.15, -0.1) is 0 Å². The summed E-state index contributed by atoms with van der Waals surface area (Å²) in [7, 11) is 0. The van der Waals surface area contributed by atoms with Crippen molar-refractivity contribution in [3.05, 3.63) is 12.2 Å². The molecule has 2 N–H and O–H groups in total. The van der Waals surface area contributed by atoms with Gasteiger partial charge in [-0.25, -0.2) is 0 Å². The van der Waals surface area contributed by atoms with Gasteiger partial charge < -0.3 is 19.8 Å². The molecule has 0 spiro atoms. The third kappa shape index (κ3) is 4.02. The van der Waals surface area contributed by atoms with Gasteiger partial charge in [0.1, 0.15) is 0 Å². The second-order valence-electron chi connectivity index (χ2n) is 4.77. The number of hydrogen-bond donors (Lipinski definition) is 2. The molecule has 2 rings (SSSR count). The standard InChI is InChI=1S/C12H18N4O4/c17-11(7-13-4-1-10-14-8-20-15-10)16-5-2-9(3-6-16)12(18)19/h8-9,13H,1-7H2,(H,18,19). The van der Waals surface area contributed by atoms with E-state index in [2.05, 4.69) is 20.0 Å². The lowest BCUT2D eigenvalue weighted by Gasteiger charge is -2.30. The molecule has 0 radical (unpaired) electrons. The highest BCUT2D eigenvalue weighted by Crippen LogP contribution is 2.16. The van der Waals surface area contributed by atoms with Crippen molar-refractivity contribution in [2.24, 2.45) is 5.92 Å². The number of hydrogen-bond acceptors (Lipinski definition) is 6. The molecule has 1 fully saturated rings. The monoisotopic (exact) mass is 282 g/mol. The van der Waals surface area contributed by atoms with Crippen LogP contribution in [0.15, 0.2) is 10.9 Å². The number of aromatic nitrogens is 2. The number of likely N-dealkylation sites (tertiary alicyclic amines) is 1. The van der Waals surface area contributed by atoms with Gasteiger partial charge in [-0.3, -0.25) is 9.59 Å². The van der Waals surface area contributed by atoms with E-state index in [-0.39, 0.29) is 18.4 Å². The lowest BCUT2D eigenvalue weighted by atomic mass is 9.97. The van der Waals surface area contributed by atoms with E-state index >= 15 is 0 Å². The highest BCUT2D eigenvalue weighted by atomic mass is 16.5. The molecular weight excluding hydrogens is 264 g/mol. The molecule has 2 heterocycles. The number of carbonyl (C=O) groups is 2. The maximum absolute atomic E-state index is 11.9. The average molecular weight is 282 g/mol. The molecular formula is C12H18N4O4. The second-order valence-corrected chi connectivity index (χ2v) is 4.77. The van der Waals surface area contributed by atoms with Crippen LogP contribution in [0.5, 0.6) is 0 Å². The highest BCUT2D eigenvalue weighted by molar-refractivity contribution is 5.78. The lowest BCUT2D eigenvalue weighted by molar-refractivity contribution is -0.145. The Bertz CT molecular complexity index is 440. The molecule has 0 saturated carbocycles. The molecule has 20 heavy (non-hydrogen) atoms. The van der Waals surface area contributed by atoms with Crippen molar-refractivity contribution in [1.82, 2.24) is 20.4 Å². The number of piperidine rings is 1. The Morgan fingerprint density at radius 1 is 1.45 bits per heavy atom. The van der Waals surface area contributed by atoms with E-state index in [9.17, 15) is 9.59 Å². The van der Waals surface area contributed by atoms with Crippen LogP contribution in [0.25, 0.3) is 0 Å². The Labute approximate surface area is 116 Å². The van der Waals surface area contributed by atoms with Gasteiger partial charge in [-0.1, -0.05) is 5.16 Å². The molecule has 1 aromatic rings. The van der Waals surface area contributed by atoms with Gasteiger partial charge in [-0.2, -0.15) is 4.98 Å². The highest BCUT2D eigenvalue weighted by Gasteiger charge is 2.26. The normalized spacial score (nSPS) is 16.3. The summed E-state index contributed by atoms with van der Waals surface area (Å²) in [5.41, 5.74) is 0. The van der Waals surface area contributed by atoms with Gasteiger partial charge >= 0.3 is 5.97 Å². The van der Waals surface area contributed by atoms with Crippen molar-refractivity contribution in [2.45, 2.75) is 19.3 Å². The van der Waals surface area contributed by atoms with Crippen LogP contribution in [0, 0.1) is 5.92 Å². The van der Waals surface area contributed by atoms with Crippen LogP contribution >= 0.6 is 0 Å². The van der Waals surface area contributed by atoms with E-state index in [0.29, 0.717) is 44.7 Å². The summed E-state index contributed by atoms with van der Waals surface area (Å²) in [6.07, 6.45) is 2.94. The fraction of sp³-hybridized carbons (Fsp3) is 0.667. The first kappa shape index (κ1) is 14.4. The molecule has 0 atom stereocenters. The van der Waals surface area contributed by atoms with Gasteiger partial charge in [-0.05, 0) is 12.8 Å². The first-order valence-corrected chi connectivity index (χ1v) is 6.63. The maximum atomic E-state index is 11.9. The average Bonchev–Trinajstić information content (AvgIpc) is 2.96. The first-order chi connectivity index (χ1) is 9.66. The van der Waals surface area contributed by atoms with Crippen molar-refractivity contribution < 1.29 is 19.2 Å². The summed E-state index contributed by atoms with van der Waals surface area (Å²) >= 11 is 0. The Morgan fingerprint density at radius 2 is 2.20 bits per heavy atom. The molecule has 1 amide bonds. The van der Waals surface area contributed by atoms with Crippen LogP contribution in [0.1, 0.15) is 18.7 Å². The van der Waals surface area contributed by atoms with Gasteiger partial charge in [0.05, 0.1) is 12.5 Å². The van der Waals surface area contributed by atoms with Gasteiger partial charge in [0, 0.05) is 26.1 Å². The zero-order chi connectivity index (χ0) is 14.4. The van der Waals surface area contributed by atoms with E-state index in [0.717, 1.165) is 0 Å². The summed E-state index contributed by atoms with van der Waals surface area (Å²) < 4.78 is 4.61. The fourth-order valence-electron chi connectivity index (χ4n) is 2.19. The predicted octanol–water partition coefficient (Wildman–Crippen LogP) is -0.475. The second kappa shape index (κ2) is 6.99. The summed E-state index contributed by atoms with van der Waals surface area (Å²) in [4.78, 5) is 28.3. The van der Waals surface area contributed by atoms with Crippen molar-refractivity contribution in [2.75, 3.05) is 26.2 Å². The number of carboxylic acid groups (broad SMARTS) is 1. The number of nitrogens with zero attached hydrogens (tertiary/aromatic N) is 3. The molecule has 8 nitrogen and oxygen atoms in total. The fourth-order valence-corrected chi connectivity index (χ4v) is 2.19. The van der Waals surface area contributed by atoms with E-state index in [1.54, 1.807) is 4.90 Å². The zero-order valence-electron chi connectivity index (χ0n) is 11.1. The summed E-state index contributed by atoms with van der Waals surface area (Å²) in [6.45, 7) is 1.87. The number of nitrogens with one attached hydrogen (secondary N) is 1. The topological polar surface area (TPSA) is 109 Å². The Kier molecular flexibility index (Phi) is 5.05. The minimum absolute atomic E-state index is 0.00181. The SMILES string of the molecule is O=C(O)C1CCN(C(=O)CNCCc2ncon2)CC1. The van der Waals surface area contributed by atoms with E-state index in [1.165, 1.54) is 6.39 Å². The molecule has 0 unspecified atom stereocenters. The lowest BCUT2D eigenvalue weighted by Crippen LogP contribution is -2.44. The van der Waals surface area contributed by atoms with Gasteiger partial charge in [0.25, 0.3) is 0 Å². The molecule has 1 aromatic heterocycles. The minimum atomic E-state index is -0.768. The molecule has 1 aliphatic heterocycles. The number of carboxylic acids is 1. The Hall–Kier alpha value is -1.96. The molecule has 8 heteroatoms. The van der Waals surface area contributed by atoms with Crippen LogP contribution in [-0.4, -0.2) is 58.2 Å². The van der Waals surface area contributed by atoms with Crippen LogP contribution < -0.4 is 5.32 Å². The van der Waals surface area contributed by atoms with Gasteiger partial charge in [0.15, 0.2) is 5.82 Å². The number of rotatable bonds is 6. The predicted molar refractivity (Wildman–Crippen MR) is 67.8 cm³/mol. The molecule has 0 bridgehead atoms. The Morgan fingerprint density at radius 3 is 2.80 bits per heavy atom. The first-order valence-electron chi connectivity index (χ1n) is 6.63. The van der Waals surface area contributed by atoms with Crippen LogP contribution in [0.2, 0.25) is 0 Å². The van der Waals surface area contributed by atoms with Crippen LogP contribution in [0.3, 0.4) is 0 Å². The number of amides is 1. The van der Waals surface area contributed by atoms with Gasteiger partial charge in [0.2, 0.25) is 12.3 Å². The van der Waals surface area contributed by atoms with Crippen molar-refractivity contribution in [1.29, 1.82) is 0 Å². The van der Waals surface area contributed by atoms with Crippen LogP contribution in [-0.2, 0) is 16.0 Å². The number of carbonyl (C=O) groups excluding carboxylic acids is 1. The largest absolute Gasteiger partial charge is 0.481 e. The molecule has 0 aromatic carbocycles. The zero-order valence-corrected chi connectivity index (χ0v) is 11.1. The van der Waals surface area contributed by atoms with E-state index in [4.69, 9.17) is 5.11 Å². The van der Waals surface area contributed by atoms with Crippen molar-refractivity contribution in [3.63, 3.8) is 0 Å². The quantitative estimate of drug-likeness (QED) is 0.678. The van der Waals surface area contributed by atoms with Crippen molar-refractivity contribution in [3.8, 4) is 0 Å². The van der Waals surface area contributed by atoms with E-state index < -0.39 is 5.97 Å². The van der Waals surface area contributed by atoms with Crippen molar-refractivity contribution >= 4 is 11.9 Å². The maximum Gasteiger partial charge on any atom is 0.306 e. The van der Waals surface area contributed by atoms with E-state index in [1.807, 2.05) is 0 Å². The summed E-state index contributed by atoms with van der Waals surface area (Å²) in [5.74, 6) is -0.477. The summed E-state index contributed by atoms with van der Waals surface area (Å²) in [6, 6.07) is 0. The third-order valence-corrected chi connectivity index (χ3v) is 3.41. The minimum Gasteiger partial charge on any atom is -0.481 e. The number of aliphatic carboxylic acids is 1. The molecule has 0 aliphatic carbocycles. The van der Waals surface area contributed by atoms with Crippen LogP contribution in [0.4, 0.5) is 0 Å². The molecule has 1 aliphatic rings. The Balaban J connectivity index is 1.62. The third-order valence-electron chi connectivity index (χ3n) is 3.41. The molecule has 110 valence electrons.